The summed E-state index contributed by atoms with van der Waals surface area (Å²) in [4.78, 5) is 12.2. The molecule has 6 aromatic rings. The summed E-state index contributed by atoms with van der Waals surface area (Å²) in [6.45, 7) is 0. The molecule has 0 bridgehead atoms. The van der Waals surface area contributed by atoms with Gasteiger partial charge in [-0.15, -0.1) is 0 Å². The van der Waals surface area contributed by atoms with Crippen molar-refractivity contribution < 1.29 is 0 Å². The molecule has 5 nitrogen and oxygen atoms in total. The third kappa shape index (κ3) is 3.17. The molecule has 5 heteroatoms. The fourth-order valence-electron chi connectivity index (χ4n) is 5.77. The molecule has 0 saturated heterocycles. The van der Waals surface area contributed by atoms with Gasteiger partial charge in [0.2, 0.25) is 0 Å². The maximum absolute atomic E-state index is 4.89. The van der Waals surface area contributed by atoms with E-state index in [2.05, 4.69) is 92.9 Å². The van der Waals surface area contributed by atoms with Gasteiger partial charge >= 0.3 is 0 Å². The number of nitrogens with zero attached hydrogens (tertiary/aromatic N) is 5. The number of imidazole rings is 2. The summed E-state index contributed by atoms with van der Waals surface area (Å²) in [5.41, 5.74) is 9.94. The van der Waals surface area contributed by atoms with Crippen LogP contribution in [0.5, 0.6) is 0 Å². The van der Waals surface area contributed by atoms with E-state index in [0.29, 0.717) is 0 Å². The van der Waals surface area contributed by atoms with Gasteiger partial charge in [-0.25, -0.2) is 9.97 Å². The Morgan fingerprint density at radius 3 is 2.14 bits per heavy atom. The summed E-state index contributed by atoms with van der Waals surface area (Å²) in [5.74, 6) is 0.206. The number of benzene rings is 2. The first kappa shape index (κ1) is 20.3. The molecule has 5 heterocycles. The van der Waals surface area contributed by atoms with Gasteiger partial charge in [0.1, 0.15) is 11.3 Å². The third-order valence-electron chi connectivity index (χ3n) is 7.50. The lowest BCUT2D eigenvalue weighted by Crippen LogP contribution is -2.28. The van der Waals surface area contributed by atoms with Gasteiger partial charge in [0.05, 0.1) is 17.4 Å². The molecule has 8 rings (SSSR count). The zero-order valence-electron chi connectivity index (χ0n) is 20.0. The Kier molecular flexibility index (Phi) is 4.28. The van der Waals surface area contributed by atoms with Crippen molar-refractivity contribution in [3.63, 3.8) is 0 Å². The summed E-state index contributed by atoms with van der Waals surface area (Å²) in [5, 5.41) is 0. The van der Waals surface area contributed by atoms with Gasteiger partial charge in [0.25, 0.3) is 0 Å². The van der Waals surface area contributed by atoms with Crippen molar-refractivity contribution in [3.8, 4) is 11.3 Å². The number of anilines is 2. The first-order valence-electron chi connectivity index (χ1n) is 12.6. The molecule has 1 aliphatic carbocycles. The first-order valence-corrected chi connectivity index (χ1v) is 12.6. The lowest BCUT2D eigenvalue weighted by atomic mass is 9.87. The van der Waals surface area contributed by atoms with Crippen molar-refractivity contribution in [1.29, 1.82) is 0 Å². The Morgan fingerprint density at radius 1 is 0.676 bits per heavy atom. The predicted octanol–water partition coefficient (Wildman–Crippen LogP) is 6.91. The maximum Gasteiger partial charge on any atom is 0.137 e. The molecule has 37 heavy (non-hydrogen) atoms. The number of rotatable bonds is 3. The van der Waals surface area contributed by atoms with E-state index in [4.69, 9.17) is 9.97 Å². The summed E-state index contributed by atoms with van der Waals surface area (Å²) < 4.78 is 4.16. The topological polar surface area (TPSA) is 37.8 Å². The summed E-state index contributed by atoms with van der Waals surface area (Å²) in [6.07, 6.45) is 15.3. The van der Waals surface area contributed by atoms with Crippen LogP contribution in [0.25, 0.3) is 28.1 Å². The minimum Gasteiger partial charge on any atom is -0.333 e. The van der Waals surface area contributed by atoms with E-state index >= 15 is 0 Å². The Morgan fingerprint density at radius 2 is 1.38 bits per heavy atom. The van der Waals surface area contributed by atoms with E-state index in [0.717, 1.165) is 33.8 Å². The number of hydrogen-bond acceptors (Lipinski definition) is 3. The number of fused-ring (bicyclic) bond motifs is 5. The number of pyridine rings is 2. The molecule has 0 N–H and O–H groups in total. The van der Waals surface area contributed by atoms with Gasteiger partial charge in [-0.3, -0.25) is 0 Å². The first-order chi connectivity index (χ1) is 18.3. The van der Waals surface area contributed by atoms with Crippen LogP contribution < -0.4 is 4.90 Å². The average Bonchev–Trinajstić information content (AvgIpc) is 3.66. The SMILES string of the molecule is C1=CC2C(C=C1c1cn3ccccc3n1)c1cc(-c3cn4ccccc4n3)ccc1N2c1ccccc1. The highest BCUT2D eigenvalue weighted by Gasteiger charge is 2.38. The molecule has 2 atom stereocenters. The van der Waals surface area contributed by atoms with Crippen molar-refractivity contribution >= 4 is 28.2 Å². The third-order valence-corrected chi connectivity index (χ3v) is 7.50. The largest absolute Gasteiger partial charge is 0.333 e. The zero-order chi connectivity index (χ0) is 24.3. The summed E-state index contributed by atoms with van der Waals surface area (Å²) >= 11 is 0. The lowest BCUT2D eigenvalue weighted by molar-refractivity contribution is 0.747. The van der Waals surface area contributed by atoms with Crippen LogP contribution in [0.1, 0.15) is 17.2 Å². The summed E-state index contributed by atoms with van der Waals surface area (Å²) in [7, 11) is 0. The number of aromatic nitrogens is 4. The highest BCUT2D eigenvalue weighted by atomic mass is 15.2. The molecule has 0 saturated carbocycles. The van der Waals surface area contributed by atoms with Crippen molar-refractivity contribution in [2.75, 3.05) is 4.90 Å². The van der Waals surface area contributed by atoms with E-state index in [9.17, 15) is 0 Å². The average molecular weight is 478 g/mol. The molecule has 0 fully saturated rings. The van der Waals surface area contributed by atoms with Crippen LogP contribution in [0.15, 0.2) is 128 Å². The van der Waals surface area contributed by atoms with Gasteiger partial charge < -0.3 is 13.7 Å². The van der Waals surface area contributed by atoms with Crippen LogP contribution in [0, 0.1) is 0 Å². The van der Waals surface area contributed by atoms with Gasteiger partial charge in [-0.05, 0) is 59.7 Å². The fraction of sp³-hybridized carbons (Fsp3) is 0.0625. The van der Waals surface area contributed by atoms with E-state index in [1.165, 1.54) is 16.9 Å². The second kappa shape index (κ2) is 7.80. The molecule has 0 radical (unpaired) electrons. The molecular formula is C32H23N5. The Hall–Kier alpha value is -4.90. The second-order valence-electron chi connectivity index (χ2n) is 9.66. The normalized spacial score (nSPS) is 18.3. The van der Waals surface area contributed by atoms with Crippen molar-refractivity contribution in [1.82, 2.24) is 18.8 Å². The number of para-hydroxylation sites is 1. The molecule has 4 aromatic heterocycles. The van der Waals surface area contributed by atoms with Crippen molar-refractivity contribution in [3.05, 3.63) is 139 Å². The minimum atomic E-state index is 0.203. The van der Waals surface area contributed by atoms with Crippen LogP contribution >= 0.6 is 0 Å². The lowest BCUT2D eigenvalue weighted by Gasteiger charge is -2.29. The molecule has 0 spiro atoms. The van der Waals surface area contributed by atoms with Crippen LogP contribution in [-0.4, -0.2) is 24.8 Å². The van der Waals surface area contributed by atoms with Crippen LogP contribution in [0.4, 0.5) is 11.4 Å². The molecule has 1 aliphatic heterocycles. The standard InChI is InChI=1S/C32H23N5/c1-2-8-24(9-3-1)37-29-14-12-22(27-20-35-16-6-4-10-31(35)33-27)18-25(29)26-19-23(13-15-30(26)37)28-21-36-17-7-5-11-32(36)34-28/h1-21,25,29H. The highest BCUT2D eigenvalue weighted by Crippen LogP contribution is 2.50. The van der Waals surface area contributed by atoms with Gasteiger partial charge in [-0.1, -0.05) is 54.6 Å². The van der Waals surface area contributed by atoms with Crippen LogP contribution in [0.2, 0.25) is 0 Å². The van der Waals surface area contributed by atoms with Crippen molar-refractivity contribution in [2.45, 2.75) is 12.0 Å². The molecule has 176 valence electrons. The van der Waals surface area contributed by atoms with Crippen molar-refractivity contribution in [2.24, 2.45) is 0 Å². The van der Waals surface area contributed by atoms with Gasteiger partial charge in [-0.2, -0.15) is 0 Å². The minimum absolute atomic E-state index is 0.203. The Bertz CT molecular complexity index is 1790. The molecule has 2 aromatic carbocycles. The second-order valence-corrected chi connectivity index (χ2v) is 9.66. The maximum atomic E-state index is 4.89. The fourth-order valence-corrected chi connectivity index (χ4v) is 5.77. The quantitative estimate of drug-likeness (QED) is 0.278. The number of hydrogen-bond donors (Lipinski definition) is 0. The molecule has 2 aliphatic rings. The van der Waals surface area contributed by atoms with Crippen LogP contribution in [0.3, 0.4) is 0 Å². The molecule has 0 amide bonds. The van der Waals surface area contributed by atoms with E-state index in [1.807, 2.05) is 48.8 Å². The highest BCUT2D eigenvalue weighted by molar-refractivity contribution is 5.83. The number of allylic oxidation sites excluding steroid dienone is 2. The molecular weight excluding hydrogens is 454 g/mol. The van der Waals surface area contributed by atoms with Crippen LogP contribution in [-0.2, 0) is 0 Å². The van der Waals surface area contributed by atoms with E-state index in [1.54, 1.807) is 0 Å². The smallest absolute Gasteiger partial charge is 0.137 e. The van der Waals surface area contributed by atoms with E-state index in [-0.39, 0.29) is 12.0 Å². The van der Waals surface area contributed by atoms with E-state index < -0.39 is 0 Å². The monoisotopic (exact) mass is 477 g/mol. The Labute approximate surface area is 214 Å². The Balaban J connectivity index is 1.27. The zero-order valence-corrected chi connectivity index (χ0v) is 20.0. The summed E-state index contributed by atoms with van der Waals surface area (Å²) in [6, 6.07) is 29.9. The van der Waals surface area contributed by atoms with Gasteiger partial charge in [0, 0.05) is 47.6 Å². The van der Waals surface area contributed by atoms with Gasteiger partial charge in [0.15, 0.2) is 0 Å². The molecule has 2 unspecified atom stereocenters. The predicted molar refractivity (Wildman–Crippen MR) is 148 cm³/mol.